The van der Waals surface area contributed by atoms with Crippen LogP contribution in [-0.2, 0) is 15.9 Å². The highest BCUT2D eigenvalue weighted by Gasteiger charge is 2.32. The van der Waals surface area contributed by atoms with Gasteiger partial charge in [0.2, 0.25) is 0 Å². The van der Waals surface area contributed by atoms with Crippen LogP contribution in [0.15, 0.2) is 42.5 Å². The summed E-state index contributed by atoms with van der Waals surface area (Å²) in [6, 6.07) is 13.7. The summed E-state index contributed by atoms with van der Waals surface area (Å²) in [7, 11) is 0. The van der Waals surface area contributed by atoms with Crippen LogP contribution in [0.1, 0.15) is 29.5 Å². The van der Waals surface area contributed by atoms with Gasteiger partial charge in [-0.2, -0.15) is 0 Å². The molecule has 4 N–H and O–H groups in total. The highest BCUT2D eigenvalue weighted by atomic mass is 16.8. The van der Waals surface area contributed by atoms with Crippen LogP contribution >= 0.6 is 0 Å². The van der Waals surface area contributed by atoms with E-state index in [-0.39, 0.29) is 18.6 Å². The first-order valence-electron chi connectivity index (χ1n) is 7.59. The molecule has 0 radical (unpaired) electrons. The van der Waals surface area contributed by atoms with E-state index < -0.39 is 6.16 Å². The molecule has 0 aromatic heterocycles. The molecule has 5 nitrogen and oxygen atoms in total. The molecule has 0 bridgehead atoms. The molecule has 1 aliphatic rings. The topological polar surface area (TPSA) is 87.6 Å². The lowest BCUT2D eigenvalue weighted by Crippen LogP contribution is -2.20. The second kappa shape index (κ2) is 6.20. The Kier molecular flexibility index (Phi) is 4.10. The molecule has 120 valence electrons. The number of anilines is 2. The number of nitrogen functional groups attached to an aromatic ring is 2. The molecule has 2 atom stereocenters. The lowest BCUT2D eigenvalue weighted by atomic mass is 9.88. The van der Waals surface area contributed by atoms with E-state index in [1.165, 1.54) is 0 Å². The zero-order chi connectivity index (χ0) is 16.4. The number of rotatable bonds is 4. The fraction of sp³-hybridized carbons (Fsp3) is 0.278. The van der Waals surface area contributed by atoms with Crippen LogP contribution in [0.25, 0.3) is 0 Å². The van der Waals surface area contributed by atoms with E-state index in [0.717, 1.165) is 28.8 Å². The van der Waals surface area contributed by atoms with Crippen LogP contribution in [0.5, 0.6) is 0 Å². The van der Waals surface area contributed by atoms with Gasteiger partial charge < -0.3 is 20.9 Å². The standard InChI is InChI=1S/C18H20N2O3/c1-11(17-10-22-18(21)23-17)16-9-15(20)7-4-13(16)8-12-2-5-14(19)6-3-12/h2-7,9,11,17H,8,10,19-20H2,1H3. The van der Waals surface area contributed by atoms with Gasteiger partial charge in [0.1, 0.15) is 12.7 Å². The smallest absolute Gasteiger partial charge is 0.430 e. The molecule has 2 aromatic rings. The van der Waals surface area contributed by atoms with E-state index in [0.29, 0.717) is 5.69 Å². The van der Waals surface area contributed by atoms with E-state index >= 15 is 0 Å². The fourth-order valence-electron chi connectivity index (χ4n) is 2.84. The van der Waals surface area contributed by atoms with E-state index in [4.69, 9.17) is 20.9 Å². The zero-order valence-corrected chi connectivity index (χ0v) is 13.0. The molecule has 1 fully saturated rings. The number of carbonyl (C=O) groups is 1. The van der Waals surface area contributed by atoms with Crippen molar-refractivity contribution in [2.24, 2.45) is 0 Å². The van der Waals surface area contributed by atoms with Crippen molar-refractivity contribution in [2.75, 3.05) is 18.1 Å². The lowest BCUT2D eigenvalue weighted by Gasteiger charge is -2.20. The van der Waals surface area contributed by atoms with E-state index in [9.17, 15) is 4.79 Å². The van der Waals surface area contributed by atoms with Crippen LogP contribution in [0, 0.1) is 0 Å². The van der Waals surface area contributed by atoms with Gasteiger partial charge in [0.25, 0.3) is 0 Å². The molecule has 0 aliphatic carbocycles. The molecular formula is C18H20N2O3. The molecule has 5 heteroatoms. The fourth-order valence-corrected chi connectivity index (χ4v) is 2.84. The number of hydrogen-bond acceptors (Lipinski definition) is 5. The van der Waals surface area contributed by atoms with Crippen molar-refractivity contribution in [2.45, 2.75) is 25.4 Å². The third-order valence-corrected chi connectivity index (χ3v) is 4.21. The van der Waals surface area contributed by atoms with Crippen LogP contribution < -0.4 is 11.5 Å². The lowest BCUT2D eigenvalue weighted by molar-refractivity contribution is 0.112. The molecule has 2 unspecified atom stereocenters. The second-order valence-corrected chi connectivity index (χ2v) is 5.88. The van der Waals surface area contributed by atoms with Gasteiger partial charge in [0, 0.05) is 17.3 Å². The Labute approximate surface area is 135 Å². The van der Waals surface area contributed by atoms with Crippen molar-refractivity contribution in [3.8, 4) is 0 Å². The minimum absolute atomic E-state index is 0.00808. The minimum Gasteiger partial charge on any atom is -0.430 e. The average molecular weight is 312 g/mol. The van der Waals surface area contributed by atoms with Crippen molar-refractivity contribution >= 4 is 17.5 Å². The van der Waals surface area contributed by atoms with Crippen molar-refractivity contribution in [1.29, 1.82) is 0 Å². The maximum atomic E-state index is 11.2. The van der Waals surface area contributed by atoms with Crippen LogP contribution in [0.4, 0.5) is 16.2 Å². The summed E-state index contributed by atoms with van der Waals surface area (Å²) in [5.74, 6) is 0.00808. The number of nitrogens with two attached hydrogens (primary N) is 2. The zero-order valence-electron chi connectivity index (χ0n) is 13.0. The maximum absolute atomic E-state index is 11.2. The Morgan fingerprint density at radius 3 is 2.48 bits per heavy atom. The van der Waals surface area contributed by atoms with E-state index in [2.05, 4.69) is 0 Å². The third kappa shape index (κ3) is 3.39. The van der Waals surface area contributed by atoms with Gasteiger partial charge in [0.05, 0.1) is 0 Å². The molecule has 1 heterocycles. The summed E-state index contributed by atoms with van der Waals surface area (Å²) in [4.78, 5) is 11.2. The SMILES string of the molecule is CC(c1cc(N)ccc1Cc1ccc(N)cc1)C1COC(=O)O1. The van der Waals surface area contributed by atoms with Gasteiger partial charge >= 0.3 is 6.16 Å². The first-order valence-corrected chi connectivity index (χ1v) is 7.59. The summed E-state index contributed by atoms with van der Waals surface area (Å²) in [6.07, 6.45) is -0.123. The third-order valence-electron chi connectivity index (χ3n) is 4.21. The predicted octanol–water partition coefficient (Wildman–Crippen LogP) is 3.08. The Morgan fingerprint density at radius 2 is 1.83 bits per heavy atom. The quantitative estimate of drug-likeness (QED) is 0.669. The average Bonchev–Trinajstić information content (AvgIpc) is 2.97. The molecular weight excluding hydrogens is 292 g/mol. The summed E-state index contributed by atoms with van der Waals surface area (Å²) >= 11 is 0. The largest absolute Gasteiger partial charge is 0.508 e. The van der Waals surface area contributed by atoms with Crippen molar-refractivity contribution in [3.05, 3.63) is 59.2 Å². The molecule has 23 heavy (non-hydrogen) atoms. The number of carbonyl (C=O) groups excluding carboxylic acids is 1. The van der Waals surface area contributed by atoms with Crippen LogP contribution in [0.2, 0.25) is 0 Å². The van der Waals surface area contributed by atoms with Gasteiger partial charge in [-0.1, -0.05) is 25.1 Å². The van der Waals surface area contributed by atoms with E-state index in [1.807, 2.05) is 49.4 Å². The molecule has 0 saturated carbocycles. The van der Waals surface area contributed by atoms with Crippen molar-refractivity contribution in [3.63, 3.8) is 0 Å². The number of ether oxygens (including phenoxy) is 2. The predicted molar refractivity (Wildman–Crippen MR) is 89.2 cm³/mol. The highest BCUT2D eigenvalue weighted by Crippen LogP contribution is 2.30. The molecule has 3 rings (SSSR count). The monoisotopic (exact) mass is 312 g/mol. The second-order valence-electron chi connectivity index (χ2n) is 5.88. The van der Waals surface area contributed by atoms with Gasteiger partial charge in [-0.15, -0.1) is 0 Å². The molecule has 1 saturated heterocycles. The molecule has 2 aromatic carbocycles. The van der Waals surface area contributed by atoms with Crippen molar-refractivity contribution in [1.82, 2.24) is 0 Å². The molecule has 0 amide bonds. The Hall–Kier alpha value is -2.69. The Balaban J connectivity index is 1.88. The van der Waals surface area contributed by atoms with Gasteiger partial charge in [0.15, 0.2) is 0 Å². The summed E-state index contributed by atoms with van der Waals surface area (Å²) < 4.78 is 10.1. The van der Waals surface area contributed by atoms with Crippen molar-refractivity contribution < 1.29 is 14.3 Å². The molecule has 0 spiro atoms. The number of benzene rings is 2. The first kappa shape index (κ1) is 15.2. The maximum Gasteiger partial charge on any atom is 0.508 e. The highest BCUT2D eigenvalue weighted by molar-refractivity contribution is 5.62. The van der Waals surface area contributed by atoms with Crippen LogP contribution in [-0.4, -0.2) is 18.9 Å². The van der Waals surface area contributed by atoms with Crippen LogP contribution in [0.3, 0.4) is 0 Å². The van der Waals surface area contributed by atoms with Gasteiger partial charge in [-0.25, -0.2) is 4.79 Å². The molecule has 1 aliphatic heterocycles. The van der Waals surface area contributed by atoms with Gasteiger partial charge in [-0.3, -0.25) is 0 Å². The van der Waals surface area contributed by atoms with E-state index in [1.54, 1.807) is 0 Å². The van der Waals surface area contributed by atoms with Gasteiger partial charge in [-0.05, 0) is 47.4 Å². The minimum atomic E-state index is -0.606. The first-order chi connectivity index (χ1) is 11.0. The normalized spacial score (nSPS) is 18.3. The Morgan fingerprint density at radius 1 is 1.13 bits per heavy atom. The summed E-state index contributed by atoms with van der Waals surface area (Å²) in [6.45, 7) is 2.30. The summed E-state index contributed by atoms with van der Waals surface area (Å²) in [5, 5.41) is 0. The number of hydrogen-bond donors (Lipinski definition) is 2. The summed E-state index contributed by atoms with van der Waals surface area (Å²) in [5.41, 5.74) is 16.5. The Bertz CT molecular complexity index is 713. The number of cyclic esters (lactones) is 2.